The minimum atomic E-state index is 0.265. The number of rotatable bonds is 8. The Bertz CT molecular complexity index is 322. The van der Waals surface area contributed by atoms with Crippen LogP contribution in [0.15, 0.2) is 6.33 Å². The molecule has 90 valence electrons. The lowest BCUT2D eigenvalue weighted by atomic mass is 10.1. The van der Waals surface area contributed by atoms with Crippen LogP contribution in [0.1, 0.15) is 51.3 Å². The molecule has 5 heteroatoms. The second-order valence-corrected chi connectivity index (χ2v) is 4.40. The van der Waals surface area contributed by atoms with Gasteiger partial charge in [-0.05, 0) is 6.42 Å². The van der Waals surface area contributed by atoms with Crippen molar-refractivity contribution in [2.24, 2.45) is 5.73 Å². The molecule has 0 bridgehead atoms. The van der Waals surface area contributed by atoms with Crippen molar-refractivity contribution in [2.75, 3.05) is 0 Å². The van der Waals surface area contributed by atoms with E-state index in [9.17, 15) is 0 Å². The zero-order chi connectivity index (χ0) is 11.8. The number of aromatic nitrogens is 3. The van der Waals surface area contributed by atoms with Crippen molar-refractivity contribution in [3.05, 3.63) is 12.2 Å². The van der Waals surface area contributed by atoms with Crippen LogP contribution < -0.4 is 5.73 Å². The van der Waals surface area contributed by atoms with E-state index in [1.807, 2.05) is 4.68 Å². The molecule has 0 saturated carbocycles. The Hall–Kier alpha value is -0.970. The number of thiocarbonyl (C=S) groups is 1. The maximum atomic E-state index is 5.43. The first-order chi connectivity index (χ1) is 7.74. The maximum Gasteiger partial charge on any atom is 0.208 e. The highest BCUT2D eigenvalue weighted by molar-refractivity contribution is 7.80. The average Bonchev–Trinajstić information content (AvgIpc) is 2.72. The van der Waals surface area contributed by atoms with Crippen molar-refractivity contribution in [1.29, 1.82) is 0 Å². The van der Waals surface area contributed by atoms with Gasteiger partial charge in [0.05, 0.1) is 0 Å². The van der Waals surface area contributed by atoms with Crippen molar-refractivity contribution < 1.29 is 0 Å². The largest absolute Gasteiger partial charge is 0.387 e. The Morgan fingerprint density at radius 1 is 1.31 bits per heavy atom. The lowest BCUT2D eigenvalue weighted by molar-refractivity contribution is 0.526. The Labute approximate surface area is 102 Å². The van der Waals surface area contributed by atoms with Crippen molar-refractivity contribution in [1.82, 2.24) is 14.8 Å². The van der Waals surface area contributed by atoms with Crippen LogP contribution in [-0.4, -0.2) is 19.8 Å². The number of hydrogen-bond donors (Lipinski definition) is 1. The molecule has 0 amide bonds. The second-order valence-electron chi connectivity index (χ2n) is 3.96. The zero-order valence-electron chi connectivity index (χ0n) is 9.85. The standard InChI is InChI=1S/C11H20N4S/c1-2-3-4-5-6-7-8-15-9-13-11(14-15)10(12)16/h9H,2-8H2,1H3,(H2,12,16). The molecule has 1 heterocycles. The van der Waals surface area contributed by atoms with Gasteiger partial charge in [-0.3, -0.25) is 4.68 Å². The Kier molecular flexibility index (Phi) is 6.00. The van der Waals surface area contributed by atoms with Crippen molar-refractivity contribution in [3.63, 3.8) is 0 Å². The second kappa shape index (κ2) is 7.33. The predicted octanol–water partition coefficient (Wildman–Crippen LogP) is 2.27. The third-order valence-corrected chi connectivity index (χ3v) is 2.68. The first kappa shape index (κ1) is 13.1. The lowest BCUT2D eigenvalue weighted by Gasteiger charge is -2.00. The van der Waals surface area contributed by atoms with E-state index in [-0.39, 0.29) is 4.99 Å². The van der Waals surface area contributed by atoms with Crippen LogP contribution in [0.2, 0.25) is 0 Å². The van der Waals surface area contributed by atoms with E-state index in [0.717, 1.165) is 13.0 Å². The summed E-state index contributed by atoms with van der Waals surface area (Å²) in [5, 5.41) is 4.18. The van der Waals surface area contributed by atoms with Crippen LogP contribution in [0.25, 0.3) is 0 Å². The maximum absolute atomic E-state index is 5.43. The molecule has 1 aromatic heterocycles. The Morgan fingerprint density at radius 2 is 2.00 bits per heavy atom. The summed E-state index contributed by atoms with van der Waals surface area (Å²) in [5.41, 5.74) is 5.43. The molecule has 0 aliphatic rings. The average molecular weight is 240 g/mol. The van der Waals surface area contributed by atoms with Gasteiger partial charge in [-0.15, -0.1) is 5.10 Å². The van der Waals surface area contributed by atoms with Crippen LogP contribution in [0.3, 0.4) is 0 Å². The fourth-order valence-corrected chi connectivity index (χ4v) is 1.66. The highest BCUT2D eigenvalue weighted by atomic mass is 32.1. The summed E-state index contributed by atoms with van der Waals surface area (Å²) < 4.78 is 1.81. The van der Waals surface area contributed by atoms with E-state index < -0.39 is 0 Å². The Balaban J connectivity index is 2.14. The molecule has 0 saturated heterocycles. The SMILES string of the molecule is CCCCCCCCn1cnc(C(N)=S)n1. The van der Waals surface area contributed by atoms with Crippen LogP contribution in [-0.2, 0) is 6.54 Å². The van der Waals surface area contributed by atoms with Crippen LogP contribution in [0, 0.1) is 0 Å². The highest BCUT2D eigenvalue weighted by Crippen LogP contribution is 2.05. The zero-order valence-corrected chi connectivity index (χ0v) is 10.7. The number of nitrogens with zero attached hydrogens (tertiary/aromatic N) is 3. The summed E-state index contributed by atoms with van der Waals surface area (Å²) >= 11 is 4.80. The molecule has 0 atom stereocenters. The summed E-state index contributed by atoms with van der Waals surface area (Å²) in [6.07, 6.45) is 9.37. The number of unbranched alkanes of at least 4 members (excludes halogenated alkanes) is 5. The van der Waals surface area contributed by atoms with Crippen molar-refractivity contribution in [2.45, 2.75) is 52.0 Å². The van der Waals surface area contributed by atoms with E-state index in [1.165, 1.54) is 32.1 Å². The molecule has 0 fully saturated rings. The van der Waals surface area contributed by atoms with E-state index in [1.54, 1.807) is 6.33 Å². The lowest BCUT2D eigenvalue weighted by Crippen LogP contribution is -2.12. The third kappa shape index (κ3) is 4.70. The molecule has 4 nitrogen and oxygen atoms in total. The van der Waals surface area contributed by atoms with Gasteiger partial charge in [0, 0.05) is 6.54 Å². The summed E-state index contributed by atoms with van der Waals surface area (Å²) in [7, 11) is 0. The van der Waals surface area contributed by atoms with Gasteiger partial charge in [0.15, 0.2) is 0 Å². The number of aryl methyl sites for hydroxylation is 1. The fraction of sp³-hybridized carbons (Fsp3) is 0.727. The van der Waals surface area contributed by atoms with Crippen LogP contribution in [0.4, 0.5) is 0 Å². The molecule has 0 radical (unpaired) electrons. The van der Waals surface area contributed by atoms with Gasteiger partial charge >= 0.3 is 0 Å². The minimum Gasteiger partial charge on any atom is -0.387 e. The molecule has 0 aromatic carbocycles. The molecule has 0 aliphatic carbocycles. The summed E-state index contributed by atoms with van der Waals surface area (Å²) in [5.74, 6) is 0.473. The third-order valence-electron chi connectivity index (χ3n) is 2.50. The van der Waals surface area contributed by atoms with Crippen LogP contribution in [0.5, 0.6) is 0 Å². The smallest absolute Gasteiger partial charge is 0.208 e. The van der Waals surface area contributed by atoms with Gasteiger partial charge in [0.2, 0.25) is 5.82 Å². The van der Waals surface area contributed by atoms with E-state index >= 15 is 0 Å². The molecular formula is C11H20N4S. The molecule has 16 heavy (non-hydrogen) atoms. The topological polar surface area (TPSA) is 56.7 Å². The molecule has 1 rings (SSSR count). The molecule has 0 aliphatic heterocycles. The van der Waals surface area contributed by atoms with Gasteiger partial charge < -0.3 is 5.73 Å². The molecule has 0 unspecified atom stereocenters. The van der Waals surface area contributed by atoms with E-state index in [2.05, 4.69) is 17.0 Å². The summed E-state index contributed by atoms with van der Waals surface area (Å²) in [4.78, 5) is 4.30. The predicted molar refractivity (Wildman–Crippen MR) is 69.3 cm³/mol. The summed E-state index contributed by atoms with van der Waals surface area (Å²) in [6.45, 7) is 3.13. The van der Waals surface area contributed by atoms with Gasteiger partial charge in [0.1, 0.15) is 11.3 Å². The summed E-state index contributed by atoms with van der Waals surface area (Å²) in [6, 6.07) is 0. The van der Waals surface area contributed by atoms with Gasteiger partial charge in [0.25, 0.3) is 0 Å². The van der Waals surface area contributed by atoms with Gasteiger partial charge in [-0.2, -0.15) is 0 Å². The van der Waals surface area contributed by atoms with E-state index in [4.69, 9.17) is 18.0 Å². The number of hydrogen-bond acceptors (Lipinski definition) is 3. The normalized spacial score (nSPS) is 10.6. The molecular weight excluding hydrogens is 220 g/mol. The van der Waals surface area contributed by atoms with Crippen LogP contribution >= 0.6 is 12.2 Å². The molecule has 1 aromatic rings. The molecule has 2 N–H and O–H groups in total. The van der Waals surface area contributed by atoms with Gasteiger partial charge in [-0.25, -0.2) is 4.98 Å². The Morgan fingerprint density at radius 3 is 2.62 bits per heavy atom. The van der Waals surface area contributed by atoms with Gasteiger partial charge in [-0.1, -0.05) is 51.2 Å². The van der Waals surface area contributed by atoms with E-state index in [0.29, 0.717) is 5.82 Å². The fourth-order valence-electron chi connectivity index (χ4n) is 1.57. The molecule has 0 spiro atoms. The highest BCUT2D eigenvalue weighted by Gasteiger charge is 2.02. The monoisotopic (exact) mass is 240 g/mol. The first-order valence-corrected chi connectivity index (χ1v) is 6.34. The van der Waals surface area contributed by atoms with Crippen molar-refractivity contribution in [3.8, 4) is 0 Å². The van der Waals surface area contributed by atoms with Crippen molar-refractivity contribution >= 4 is 17.2 Å². The number of nitrogens with two attached hydrogens (primary N) is 1. The first-order valence-electron chi connectivity index (χ1n) is 5.93. The quantitative estimate of drug-likeness (QED) is 0.559. The minimum absolute atomic E-state index is 0.265.